The van der Waals surface area contributed by atoms with Gasteiger partial charge in [-0.05, 0) is 37.1 Å². The maximum atomic E-state index is 5.90. The Morgan fingerprint density at radius 3 is 2.73 bits per heavy atom. The number of methoxy groups -OCH3 is 1. The summed E-state index contributed by atoms with van der Waals surface area (Å²) in [5.74, 6) is 0. The summed E-state index contributed by atoms with van der Waals surface area (Å²) < 4.78 is 11.3. The Morgan fingerprint density at radius 1 is 1.19 bits per heavy atom. The first-order valence-corrected chi connectivity index (χ1v) is 9.10. The number of hydrogen-bond acceptors (Lipinski definition) is 6. The van der Waals surface area contributed by atoms with Gasteiger partial charge in [-0.3, -0.25) is 4.98 Å². The molecule has 4 rings (SSSR count). The largest absolute Gasteiger partial charge is 0.423 e. The topological polar surface area (TPSA) is 63.4 Å². The van der Waals surface area contributed by atoms with Crippen LogP contribution in [0.1, 0.15) is 24.6 Å². The molecule has 2 aromatic heterocycles. The Morgan fingerprint density at radius 2 is 2.00 bits per heavy atom. The fourth-order valence-electron chi connectivity index (χ4n) is 3.48. The molecular weight excluding hydrogens is 328 g/mol. The summed E-state index contributed by atoms with van der Waals surface area (Å²) in [5.41, 5.74) is 2.78. The third kappa shape index (κ3) is 3.71. The number of para-hydroxylation sites is 2. The van der Waals surface area contributed by atoms with Crippen molar-refractivity contribution in [2.45, 2.75) is 24.9 Å². The Kier molecular flexibility index (Phi) is 5.13. The van der Waals surface area contributed by atoms with Gasteiger partial charge in [0.2, 0.25) is 0 Å². The molecule has 6 heteroatoms. The summed E-state index contributed by atoms with van der Waals surface area (Å²) in [6.45, 7) is 2.46. The highest BCUT2D eigenvalue weighted by Crippen LogP contribution is 2.25. The van der Waals surface area contributed by atoms with E-state index in [9.17, 15) is 0 Å². The minimum absolute atomic E-state index is 0.113. The second-order valence-corrected chi connectivity index (χ2v) is 6.65. The lowest BCUT2D eigenvalue weighted by atomic mass is 10.0. The van der Waals surface area contributed by atoms with Crippen molar-refractivity contribution in [2.24, 2.45) is 0 Å². The SMILES string of the molecule is COCC(NC1CCN(c2nc3ccccc3o2)CC1)c1ccccn1. The smallest absolute Gasteiger partial charge is 0.298 e. The van der Waals surface area contributed by atoms with Crippen molar-refractivity contribution in [2.75, 3.05) is 31.7 Å². The maximum Gasteiger partial charge on any atom is 0.298 e. The van der Waals surface area contributed by atoms with Crippen LogP contribution in [0.15, 0.2) is 53.1 Å². The molecule has 26 heavy (non-hydrogen) atoms. The van der Waals surface area contributed by atoms with E-state index in [1.165, 1.54) is 0 Å². The predicted molar refractivity (Wildman–Crippen MR) is 101 cm³/mol. The van der Waals surface area contributed by atoms with Crippen LogP contribution in [-0.2, 0) is 4.74 Å². The van der Waals surface area contributed by atoms with Gasteiger partial charge in [0.05, 0.1) is 18.3 Å². The van der Waals surface area contributed by atoms with Crippen molar-refractivity contribution in [3.63, 3.8) is 0 Å². The van der Waals surface area contributed by atoms with Crippen LogP contribution in [0, 0.1) is 0 Å². The van der Waals surface area contributed by atoms with E-state index >= 15 is 0 Å². The fraction of sp³-hybridized carbons (Fsp3) is 0.400. The first-order valence-electron chi connectivity index (χ1n) is 9.10. The summed E-state index contributed by atoms with van der Waals surface area (Å²) >= 11 is 0. The van der Waals surface area contributed by atoms with Crippen molar-refractivity contribution in [1.29, 1.82) is 0 Å². The van der Waals surface area contributed by atoms with Crippen LogP contribution < -0.4 is 10.2 Å². The summed E-state index contributed by atoms with van der Waals surface area (Å²) in [5, 5.41) is 3.71. The van der Waals surface area contributed by atoms with E-state index in [4.69, 9.17) is 9.15 Å². The van der Waals surface area contributed by atoms with Gasteiger partial charge in [0.1, 0.15) is 5.52 Å². The third-order valence-corrected chi connectivity index (χ3v) is 4.86. The van der Waals surface area contributed by atoms with Crippen molar-refractivity contribution >= 4 is 17.1 Å². The lowest BCUT2D eigenvalue weighted by molar-refractivity contribution is 0.156. The third-order valence-electron chi connectivity index (χ3n) is 4.86. The van der Waals surface area contributed by atoms with Crippen LogP contribution in [0.3, 0.4) is 0 Å². The summed E-state index contributed by atoms with van der Waals surface area (Å²) in [6, 6.07) is 15.2. The van der Waals surface area contributed by atoms with E-state index in [1.807, 2.05) is 48.7 Å². The molecule has 1 fully saturated rings. The van der Waals surface area contributed by atoms with E-state index in [0.29, 0.717) is 12.6 Å². The van der Waals surface area contributed by atoms with Crippen LogP contribution in [0.5, 0.6) is 0 Å². The van der Waals surface area contributed by atoms with Gasteiger partial charge in [-0.1, -0.05) is 18.2 Å². The predicted octanol–water partition coefficient (Wildman–Crippen LogP) is 3.17. The molecule has 1 aliphatic rings. The highest BCUT2D eigenvalue weighted by Gasteiger charge is 2.25. The number of benzene rings is 1. The highest BCUT2D eigenvalue weighted by molar-refractivity contribution is 5.74. The fourth-order valence-corrected chi connectivity index (χ4v) is 3.48. The second-order valence-electron chi connectivity index (χ2n) is 6.65. The lowest BCUT2D eigenvalue weighted by Crippen LogP contribution is -2.44. The summed E-state index contributed by atoms with van der Waals surface area (Å²) in [7, 11) is 1.73. The molecule has 0 amide bonds. The van der Waals surface area contributed by atoms with Gasteiger partial charge < -0.3 is 19.4 Å². The standard InChI is InChI=1S/C20H24N4O2/c1-25-14-18(16-6-4-5-11-21-16)22-15-9-12-24(13-10-15)20-23-17-7-2-3-8-19(17)26-20/h2-8,11,15,18,22H,9-10,12-14H2,1H3. The van der Waals surface area contributed by atoms with Gasteiger partial charge in [-0.2, -0.15) is 4.98 Å². The van der Waals surface area contributed by atoms with Gasteiger partial charge in [-0.15, -0.1) is 0 Å². The molecule has 1 N–H and O–H groups in total. The lowest BCUT2D eigenvalue weighted by Gasteiger charge is -2.33. The number of rotatable bonds is 6. The Balaban J connectivity index is 1.38. The molecule has 0 saturated carbocycles. The monoisotopic (exact) mass is 352 g/mol. The molecule has 3 aromatic rings. The second kappa shape index (κ2) is 7.85. The molecule has 1 atom stereocenters. The van der Waals surface area contributed by atoms with Crippen molar-refractivity contribution in [1.82, 2.24) is 15.3 Å². The molecule has 3 heterocycles. The van der Waals surface area contributed by atoms with Gasteiger partial charge in [0.25, 0.3) is 6.01 Å². The normalized spacial score (nSPS) is 16.9. The number of nitrogens with zero attached hydrogens (tertiary/aromatic N) is 3. The Labute approximate surface area is 153 Å². The van der Waals surface area contributed by atoms with Crippen molar-refractivity contribution in [3.8, 4) is 0 Å². The molecule has 1 aliphatic heterocycles. The zero-order valence-electron chi connectivity index (χ0n) is 15.0. The Hall–Kier alpha value is -2.44. The molecular formula is C20H24N4O2. The van der Waals surface area contributed by atoms with Crippen LogP contribution in [0.2, 0.25) is 0 Å². The number of hydrogen-bond donors (Lipinski definition) is 1. The molecule has 0 spiro atoms. The zero-order valence-corrected chi connectivity index (χ0v) is 15.0. The molecule has 6 nitrogen and oxygen atoms in total. The minimum atomic E-state index is 0.113. The molecule has 136 valence electrons. The maximum absolute atomic E-state index is 5.90. The number of ether oxygens (including phenoxy) is 1. The quantitative estimate of drug-likeness (QED) is 0.735. The molecule has 0 bridgehead atoms. The molecule has 0 radical (unpaired) electrons. The average Bonchev–Trinajstić information content (AvgIpc) is 3.13. The van der Waals surface area contributed by atoms with E-state index < -0.39 is 0 Å². The number of pyridine rings is 1. The van der Waals surface area contributed by atoms with Gasteiger partial charge >= 0.3 is 0 Å². The number of fused-ring (bicyclic) bond motifs is 1. The zero-order chi connectivity index (χ0) is 17.8. The van der Waals surface area contributed by atoms with Gasteiger partial charge in [0.15, 0.2) is 5.58 Å². The van der Waals surface area contributed by atoms with Crippen molar-refractivity contribution < 1.29 is 9.15 Å². The van der Waals surface area contributed by atoms with Gasteiger partial charge in [0, 0.05) is 32.4 Å². The van der Waals surface area contributed by atoms with E-state index in [0.717, 1.165) is 48.7 Å². The van der Waals surface area contributed by atoms with Crippen LogP contribution >= 0.6 is 0 Å². The number of aromatic nitrogens is 2. The first-order chi connectivity index (χ1) is 12.8. The summed E-state index contributed by atoms with van der Waals surface area (Å²) in [4.78, 5) is 11.3. The molecule has 1 unspecified atom stereocenters. The van der Waals surface area contributed by atoms with Crippen LogP contribution in [0.25, 0.3) is 11.1 Å². The number of oxazole rings is 1. The van der Waals surface area contributed by atoms with Crippen molar-refractivity contribution in [3.05, 3.63) is 54.4 Å². The summed E-state index contributed by atoms with van der Waals surface area (Å²) in [6.07, 6.45) is 3.90. The minimum Gasteiger partial charge on any atom is -0.423 e. The first kappa shape index (κ1) is 17.0. The molecule has 1 aromatic carbocycles. The highest BCUT2D eigenvalue weighted by atomic mass is 16.5. The van der Waals surface area contributed by atoms with Crippen LogP contribution in [0.4, 0.5) is 6.01 Å². The van der Waals surface area contributed by atoms with Gasteiger partial charge in [-0.25, -0.2) is 0 Å². The van der Waals surface area contributed by atoms with Crippen LogP contribution in [-0.4, -0.2) is 42.8 Å². The number of nitrogens with one attached hydrogen (secondary N) is 1. The molecule has 0 aliphatic carbocycles. The van der Waals surface area contributed by atoms with E-state index in [-0.39, 0.29) is 6.04 Å². The van der Waals surface area contributed by atoms with E-state index in [2.05, 4.69) is 20.2 Å². The average molecular weight is 352 g/mol. The molecule has 1 saturated heterocycles. The Bertz CT molecular complexity index is 795. The number of anilines is 1. The van der Waals surface area contributed by atoms with E-state index in [1.54, 1.807) is 7.11 Å². The number of piperidine rings is 1.